The molecule has 3 aromatic rings. The number of nitrogens with one attached hydrogen (secondary N) is 1. The minimum absolute atomic E-state index is 0.120. The van der Waals surface area contributed by atoms with Crippen molar-refractivity contribution in [3.8, 4) is 0 Å². The van der Waals surface area contributed by atoms with Gasteiger partial charge in [-0.1, -0.05) is 30.3 Å². The number of amides is 2. The number of fused-ring (bicyclic) bond motifs is 2. The lowest BCUT2D eigenvalue weighted by molar-refractivity contribution is 0.0947. The number of anilines is 1. The quantitative estimate of drug-likeness (QED) is 0.483. The second-order valence-electron chi connectivity index (χ2n) is 8.38. The number of hydrazone groups is 1. The summed E-state index contributed by atoms with van der Waals surface area (Å²) >= 11 is 3.40. The van der Waals surface area contributed by atoms with Crippen LogP contribution in [0.15, 0.2) is 62.5 Å². The molecular formula is C26H24BrN3O3. The fourth-order valence-corrected chi connectivity index (χ4v) is 5.14. The van der Waals surface area contributed by atoms with E-state index < -0.39 is 0 Å². The predicted molar refractivity (Wildman–Crippen MR) is 131 cm³/mol. The number of hydrogen-bond acceptors (Lipinski definition) is 4. The van der Waals surface area contributed by atoms with Crippen LogP contribution in [0.25, 0.3) is 0 Å². The number of halogens is 1. The van der Waals surface area contributed by atoms with Gasteiger partial charge < -0.3 is 9.32 Å². The summed E-state index contributed by atoms with van der Waals surface area (Å²) in [5.41, 5.74) is 7.71. The van der Waals surface area contributed by atoms with Crippen molar-refractivity contribution in [1.82, 2.24) is 5.43 Å². The van der Waals surface area contributed by atoms with E-state index in [1.165, 1.54) is 5.56 Å². The van der Waals surface area contributed by atoms with Crippen molar-refractivity contribution in [3.63, 3.8) is 0 Å². The molecule has 0 unspecified atom stereocenters. The summed E-state index contributed by atoms with van der Waals surface area (Å²) in [5.74, 6) is 0.722. The molecule has 1 aliphatic heterocycles. The molecule has 2 aromatic carbocycles. The van der Waals surface area contributed by atoms with E-state index >= 15 is 0 Å². The highest BCUT2D eigenvalue weighted by Gasteiger charge is 2.32. The second-order valence-corrected chi connectivity index (χ2v) is 9.23. The largest absolute Gasteiger partial charge is 0.455 e. The number of benzene rings is 2. The topological polar surface area (TPSA) is 74.9 Å². The number of hydrogen-bond donors (Lipinski definition) is 1. The fourth-order valence-electron chi connectivity index (χ4n) is 4.68. The zero-order valence-corrected chi connectivity index (χ0v) is 19.9. The van der Waals surface area contributed by atoms with E-state index in [1.807, 2.05) is 48.2 Å². The van der Waals surface area contributed by atoms with Gasteiger partial charge in [0.1, 0.15) is 5.76 Å². The van der Waals surface area contributed by atoms with Gasteiger partial charge in [0.25, 0.3) is 11.8 Å². The average Bonchev–Trinajstić information content (AvgIpc) is 3.19. The van der Waals surface area contributed by atoms with Gasteiger partial charge in [-0.15, -0.1) is 0 Å². The Morgan fingerprint density at radius 2 is 1.82 bits per heavy atom. The molecule has 33 heavy (non-hydrogen) atoms. The van der Waals surface area contributed by atoms with Gasteiger partial charge in [-0.2, -0.15) is 5.10 Å². The highest BCUT2D eigenvalue weighted by Crippen LogP contribution is 2.33. The first kappa shape index (κ1) is 21.6. The molecule has 0 saturated carbocycles. The van der Waals surface area contributed by atoms with Crippen molar-refractivity contribution in [3.05, 3.63) is 86.8 Å². The molecule has 0 radical (unpaired) electrons. The zero-order chi connectivity index (χ0) is 22.9. The van der Waals surface area contributed by atoms with Gasteiger partial charge in [-0.05, 0) is 72.3 Å². The molecule has 1 aromatic heterocycles. The van der Waals surface area contributed by atoms with Crippen molar-refractivity contribution in [1.29, 1.82) is 0 Å². The minimum Gasteiger partial charge on any atom is -0.455 e. The molecule has 2 amide bonds. The number of carbonyl (C=O) groups excluding carboxylic acids is 2. The third-order valence-electron chi connectivity index (χ3n) is 6.29. The zero-order valence-electron chi connectivity index (χ0n) is 18.4. The predicted octanol–water partition coefficient (Wildman–Crippen LogP) is 5.41. The lowest BCUT2D eigenvalue weighted by Crippen LogP contribution is -2.35. The maximum atomic E-state index is 13.5. The number of nitrogens with zero attached hydrogens (tertiary/aromatic N) is 2. The lowest BCUT2D eigenvalue weighted by Gasteiger charge is -2.28. The Hall–Kier alpha value is -3.19. The van der Waals surface area contributed by atoms with Crippen molar-refractivity contribution in [2.45, 2.75) is 39.0 Å². The third-order valence-corrected chi connectivity index (χ3v) is 6.98. The van der Waals surface area contributed by atoms with E-state index in [9.17, 15) is 9.59 Å². The van der Waals surface area contributed by atoms with Crippen LogP contribution >= 0.6 is 15.9 Å². The first-order valence-corrected chi connectivity index (χ1v) is 12.0. The van der Waals surface area contributed by atoms with Crippen LogP contribution < -0.4 is 10.3 Å². The standard InChI is InChI=1S/C26H24BrN3O3/c1-16-23-20(28-29-25(31)18-10-3-4-11-19(18)27)12-6-14-22(23)33-24(16)26(32)30-15-7-9-17-8-2-5-13-21(17)30/h2-5,8,10-11,13H,6-7,9,12,14-15H2,1H3,(H,29,31)/b28-20+. The summed E-state index contributed by atoms with van der Waals surface area (Å²) < 4.78 is 6.82. The Labute approximate surface area is 200 Å². The van der Waals surface area contributed by atoms with E-state index in [0.717, 1.165) is 54.0 Å². The van der Waals surface area contributed by atoms with E-state index in [2.05, 4.69) is 32.5 Å². The van der Waals surface area contributed by atoms with Crippen molar-refractivity contribution in [2.75, 3.05) is 11.4 Å². The molecule has 6 nitrogen and oxygen atoms in total. The molecule has 1 aliphatic carbocycles. The molecule has 5 rings (SSSR count). The maximum absolute atomic E-state index is 13.5. The lowest BCUT2D eigenvalue weighted by atomic mass is 9.93. The monoisotopic (exact) mass is 505 g/mol. The molecule has 7 heteroatoms. The van der Waals surface area contributed by atoms with E-state index in [-0.39, 0.29) is 11.8 Å². The van der Waals surface area contributed by atoms with Crippen LogP contribution in [-0.2, 0) is 12.8 Å². The molecule has 0 fully saturated rings. The van der Waals surface area contributed by atoms with Gasteiger partial charge in [-0.3, -0.25) is 9.59 Å². The van der Waals surface area contributed by atoms with Crippen molar-refractivity contribution in [2.24, 2.45) is 5.10 Å². The molecular weight excluding hydrogens is 482 g/mol. The molecule has 0 atom stereocenters. The van der Waals surface area contributed by atoms with Crippen molar-refractivity contribution < 1.29 is 14.0 Å². The average molecular weight is 506 g/mol. The number of para-hydroxylation sites is 1. The fraction of sp³-hybridized carbons (Fsp3) is 0.269. The summed E-state index contributed by atoms with van der Waals surface area (Å²) in [4.78, 5) is 27.9. The van der Waals surface area contributed by atoms with Crippen molar-refractivity contribution >= 4 is 39.1 Å². The smallest absolute Gasteiger partial charge is 0.294 e. The Morgan fingerprint density at radius 3 is 2.67 bits per heavy atom. The van der Waals surface area contributed by atoms with Crippen LogP contribution in [0.3, 0.4) is 0 Å². The number of aryl methyl sites for hydroxylation is 2. The Bertz CT molecular complexity index is 1280. The summed E-state index contributed by atoms with van der Waals surface area (Å²) in [6, 6.07) is 15.3. The number of furan rings is 1. The highest BCUT2D eigenvalue weighted by molar-refractivity contribution is 9.10. The van der Waals surface area contributed by atoms with E-state index in [0.29, 0.717) is 28.8 Å². The number of carbonyl (C=O) groups is 2. The van der Waals surface area contributed by atoms with Gasteiger partial charge >= 0.3 is 0 Å². The summed E-state index contributed by atoms with van der Waals surface area (Å²) in [5, 5.41) is 4.44. The number of rotatable bonds is 3. The minimum atomic E-state index is -0.288. The highest BCUT2D eigenvalue weighted by atomic mass is 79.9. The first-order chi connectivity index (χ1) is 16.0. The molecule has 0 bridgehead atoms. The third kappa shape index (κ3) is 4.02. The van der Waals surface area contributed by atoms with Gasteiger partial charge in [0.15, 0.2) is 5.76 Å². The van der Waals surface area contributed by atoms with E-state index in [1.54, 1.807) is 6.07 Å². The molecule has 0 saturated heterocycles. The molecule has 168 valence electrons. The van der Waals surface area contributed by atoms with E-state index in [4.69, 9.17) is 4.42 Å². The van der Waals surface area contributed by atoms with Crippen LogP contribution in [0.2, 0.25) is 0 Å². The Kier molecular flexibility index (Phi) is 5.89. The Morgan fingerprint density at radius 1 is 1.03 bits per heavy atom. The van der Waals surface area contributed by atoms with Gasteiger partial charge in [0, 0.05) is 34.3 Å². The van der Waals surface area contributed by atoms with Crippen LogP contribution in [0.4, 0.5) is 5.69 Å². The first-order valence-electron chi connectivity index (χ1n) is 11.2. The molecule has 2 heterocycles. The summed E-state index contributed by atoms with van der Waals surface area (Å²) in [7, 11) is 0. The van der Waals surface area contributed by atoms with Gasteiger partial charge in [0.2, 0.25) is 0 Å². The molecule has 1 N–H and O–H groups in total. The maximum Gasteiger partial charge on any atom is 0.294 e. The van der Waals surface area contributed by atoms with Crippen LogP contribution in [-0.4, -0.2) is 24.1 Å². The van der Waals surface area contributed by atoms with Crippen LogP contribution in [0, 0.1) is 6.92 Å². The van der Waals surface area contributed by atoms with Crippen LogP contribution in [0.5, 0.6) is 0 Å². The molecule has 2 aliphatic rings. The summed E-state index contributed by atoms with van der Waals surface area (Å²) in [6.07, 6.45) is 4.21. The summed E-state index contributed by atoms with van der Waals surface area (Å²) in [6.45, 7) is 2.57. The second kappa shape index (κ2) is 8.98. The van der Waals surface area contributed by atoms with Crippen LogP contribution in [0.1, 0.15) is 62.6 Å². The normalized spacial score (nSPS) is 16.3. The Balaban J connectivity index is 1.44. The SMILES string of the molecule is Cc1c(C(=O)N2CCCc3ccccc32)oc2c1/C(=N/NC(=O)c1ccccc1Br)CCC2. The van der Waals surface area contributed by atoms with Gasteiger partial charge in [-0.25, -0.2) is 5.43 Å². The van der Waals surface area contributed by atoms with Gasteiger partial charge in [0.05, 0.1) is 11.3 Å². The molecule has 0 spiro atoms.